The van der Waals surface area contributed by atoms with Gasteiger partial charge in [0.15, 0.2) is 0 Å². The SMILES string of the molecule is Cc1ccc(S(=O)(=O)OCC2CC3OC3C2)cc1. The van der Waals surface area contributed by atoms with Gasteiger partial charge in [-0.25, -0.2) is 0 Å². The van der Waals surface area contributed by atoms with Crippen LogP contribution in [-0.2, 0) is 19.0 Å². The highest BCUT2D eigenvalue weighted by molar-refractivity contribution is 7.86. The molecule has 4 nitrogen and oxygen atoms in total. The second-order valence-electron chi connectivity index (χ2n) is 5.10. The molecule has 0 bridgehead atoms. The van der Waals surface area contributed by atoms with Gasteiger partial charge in [-0.05, 0) is 37.8 Å². The first-order valence-corrected chi connectivity index (χ1v) is 7.57. The van der Waals surface area contributed by atoms with Crippen molar-refractivity contribution in [1.29, 1.82) is 0 Å². The highest BCUT2D eigenvalue weighted by Gasteiger charge is 2.48. The molecule has 1 aromatic carbocycles. The maximum Gasteiger partial charge on any atom is 0.296 e. The van der Waals surface area contributed by atoms with Gasteiger partial charge in [-0.15, -0.1) is 0 Å². The van der Waals surface area contributed by atoms with Crippen LogP contribution in [0, 0.1) is 12.8 Å². The molecule has 2 fully saturated rings. The number of hydrogen-bond donors (Lipinski definition) is 0. The van der Waals surface area contributed by atoms with E-state index >= 15 is 0 Å². The Hall–Kier alpha value is -0.910. The number of fused-ring (bicyclic) bond motifs is 1. The normalized spacial score (nSPS) is 30.2. The van der Waals surface area contributed by atoms with Gasteiger partial charge < -0.3 is 4.74 Å². The van der Waals surface area contributed by atoms with Gasteiger partial charge >= 0.3 is 0 Å². The summed E-state index contributed by atoms with van der Waals surface area (Å²) in [7, 11) is -3.61. The van der Waals surface area contributed by atoms with E-state index in [9.17, 15) is 8.42 Å². The van der Waals surface area contributed by atoms with Gasteiger partial charge in [-0.1, -0.05) is 17.7 Å². The predicted octanol–water partition coefficient (Wildman–Crippen LogP) is 1.88. The molecule has 5 heteroatoms. The Kier molecular flexibility index (Phi) is 2.92. The van der Waals surface area contributed by atoms with E-state index in [2.05, 4.69) is 0 Å². The topological polar surface area (TPSA) is 55.9 Å². The third-order valence-electron chi connectivity index (χ3n) is 3.59. The summed E-state index contributed by atoms with van der Waals surface area (Å²) in [5.41, 5.74) is 1.03. The number of benzene rings is 1. The van der Waals surface area contributed by atoms with E-state index in [1.54, 1.807) is 24.3 Å². The Bertz CT molecular complexity index is 525. The van der Waals surface area contributed by atoms with Gasteiger partial charge in [0.05, 0.1) is 23.7 Å². The van der Waals surface area contributed by atoms with Crippen LogP contribution in [0.3, 0.4) is 0 Å². The lowest BCUT2D eigenvalue weighted by molar-refractivity contribution is 0.200. The summed E-state index contributed by atoms with van der Waals surface area (Å²) < 4.78 is 34.3. The first-order chi connectivity index (χ1) is 8.54. The monoisotopic (exact) mass is 268 g/mol. The van der Waals surface area contributed by atoms with Gasteiger partial charge in [-0.3, -0.25) is 4.18 Å². The molecule has 1 saturated heterocycles. The largest absolute Gasteiger partial charge is 0.370 e. The van der Waals surface area contributed by atoms with Crippen molar-refractivity contribution >= 4 is 10.1 Å². The lowest BCUT2D eigenvalue weighted by Crippen LogP contribution is -2.14. The number of epoxide rings is 1. The van der Waals surface area contributed by atoms with Gasteiger partial charge in [-0.2, -0.15) is 8.42 Å². The fourth-order valence-corrected chi connectivity index (χ4v) is 3.42. The van der Waals surface area contributed by atoms with Crippen molar-refractivity contribution in [3.63, 3.8) is 0 Å². The molecular weight excluding hydrogens is 252 g/mol. The minimum Gasteiger partial charge on any atom is -0.370 e. The fourth-order valence-electron chi connectivity index (χ4n) is 2.44. The average Bonchev–Trinajstić information content (AvgIpc) is 2.95. The van der Waals surface area contributed by atoms with Crippen molar-refractivity contribution in [1.82, 2.24) is 0 Å². The number of rotatable bonds is 4. The molecule has 98 valence electrons. The summed E-state index contributed by atoms with van der Waals surface area (Å²) >= 11 is 0. The van der Waals surface area contributed by atoms with Crippen molar-refractivity contribution in [2.75, 3.05) is 6.61 Å². The Morgan fingerprint density at radius 3 is 2.44 bits per heavy atom. The molecule has 2 unspecified atom stereocenters. The van der Waals surface area contributed by atoms with E-state index in [4.69, 9.17) is 8.92 Å². The van der Waals surface area contributed by atoms with Crippen LogP contribution in [0.25, 0.3) is 0 Å². The summed E-state index contributed by atoms with van der Waals surface area (Å²) in [6.07, 6.45) is 2.57. The predicted molar refractivity (Wildman–Crippen MR) is 65.7 cm³/mol. The van der Waals surface area contributed by atoms with Crippen LogP contribution in [0.15, 0.2) is 29.2 Å². The Morgan fingerprint density at radius 1 is 1.22 bits per heavy atom. The molecule has 18 heavy (non-hydrogen) atoms. The molecule has 1 saturated carbocycles. The second kappa shape index (κ2) is 4.33. The molecule has 0 aromatic heterocycles. The molecule has 0 N–H and O–H groups in total. The lowest BCUT2D eigenvalue weighted by atomic mass is 10.1. The van der Waals surface area contributed by atoms with E-state index in [1.807, 2.05) is 6.92 Å². The molecule has 3 rings (SSSR count). The number of hydrogen-bond acceptors (Lipinski definition) is 4. The van der Waals surface area contributed by atoms with Crippen LogP contribution < -0.4 is 0 Å². The van der Waals surface area contributed by atoms with E-state index in [0.717, 1.165) is 18.4 Å². The van der Waals surface area contributed by atoms with E-state index in [1.165, 1.54) is 0 Å². The Morgan fingerprint density at radius 2 is 1.83 bits per heavy atom. The summed E-state index contributed by atoms with van der Waals surface area (Å²) in [5.74, 6) is 0.314. The van der Waals surface area contributed by atoms with Crippen molar-refractivity contribution in [3.05, 3.63) is 29.8 Å². The van der Waals surface area contributed by atoms with Gasteiger partial charge in [0, 0.05) is 0 Å². The average molecular weight is 268 g/mol. The molecule has 1 aliphatic heterocycles. The van der Waals surface area contributed by atoms with E-state index < -0.39 is 10.1 Å². The van der Waals surface area contributed by atoms with Gasteiger partial charge in [0.25, 0.3) is 10.1 Å². The molecule has 0 spiro atoms. The summed E-state index contributed by atoms with van der Waals surface area (Å²) in [5, 5.41) is 0. The Labute approximate surface area is 107 Å². The first-order valence-electron chi connectivity index (χ1n) is 6.16. The molecule has 2 atom stereocenters. The lowest BCUT2D eigenvalue weighted by Gasteiger charge is -2.11. The fraction of sp³-hybridized carbons (Fsp3) is 0.538. The maximum absolute atomic E-state index is 11.9. The van der Waals surface area contributed by atoms with Crippen molar-refractivity contribution in [3.8, 4) is 0 Å². The zero-order valence-corrected chi connectivity index (χ0v) is 11.0. The minimum absolute atomic E-state index is 0.229. The number of ether oxygens (including phenoxy) is 1. The maximum atomic E-state index is 11.9. The smallest absolute Gasteiger partial charge is 0.296 e. The molecular formula is C13H16O4S. The molecule has 2 aliphatic rings. The summed E-state index contributed by atoms with van der Waals surface area (Å²) in [6, 6.07) is 6.71. The van der Waals surface area contributed by atoms with Crippen LogP contribution in [0.2, 0.25) is 0 Å². The Balaban J connectivity index is 1.61. The molecule has 1 aromatic rings. The highest BCUT2D eigenvalue weighted by atomic mass is 32.2. The molecule has 1 heterocycles. The van der Waals surface area contributed by atoms with E-state index in [-0.39, 0.29) is 11.5 Å². The van der Waals surface area contributed by atoms with Crippen LogP contribution >= 0.6 is 0 Å². The van der Waals surface area contributed by atoms with Gasteiger partial charge in [0.2, 0.25) is 0 Å². The van der Waals surface area contributed by atoms with Crippen molar-refractivity contribution in [2.24, 2.45) is 5.92 Å². The third-order valence-corrected chi connectivity index (χ3v) is 4.88. The second-order valence-corrected chi connectivity index (χ2v) is 6.72. The minimum atomic E-state index is -3.61. The number of aryl methyl sites for hydroxylation is 1. The van der Waals surface area contributed by atoms with Crippen LogP contribution in [0.5, 0.6) is 0 Å². The van der Waals surface area contributed by atoms with Crippen molar-refractivity contribution < 1.29 is 17.3 Å². The molecule has 0 amide bonds. The van der Waals surface area contributed by atoms with Crippen LogP contribution in [-0.4, -0.2) is 27.2 Å². The van der Waals surface area contributed by atoms with E-state index in [0.29, 0.717) is 18.1 Å². The molecule has 1 aliphatic carbocycles. The van der Waals surface area contributed by atoms with Crippen LogP contribution in [0.4, 0.5) is 0 Å². The quantitative estimate of drug-likeness (QED) is 0.618. The van der Waals surface area contributed by atoms with Crippen LogP contribution in [0.1, 0.15) is 18.4 Å². The summed E-state index contributed by atoms with van der Waals surface area (Å²) in [4.78, 5) is 0.229. The van der Waals surface area contributed by atoms with Crippen molar-refractivity contribution in [2.45, 2.75) is 36.9 Å². The van der Waals surface area contributed by atoms with Gasteiger partial charge in [0.1, 0.15) is 0 Å². The standard InChI is InChI=1S/C13H16O4S/c1-9-2-4-11(5-3-9)18(14,15)16-8-10-6-12-13(7-10)17-12/h2-5,10,12-13H,6-8H2,1H3. The zero-order chi connectivity index (χ0) is 12.8. The molecule has 0 radical (unpaired) electrons. The zero-order valence-electron chi connectivity index (χ0n) is 10.2. The third kappa shape index (κ3) is 2.43. The first kappa shape index (κ1) is 12.1. The summed E-state index contributed by atoms with van der Waals surface area (Å²) in [6.45, 7) is 2.19. The highest BCUT2D eigenvalue weighted by Crippen LogP contribution is 2.42.